The molecule has 3 aromatic rings. The van der Waals surface area contributed by atoms with Gasteiger partial charge in [-0.2, -0.15) is 18.4 Å². The number of anilines is 1. The monoisotopic (exact) mass is 670 g/mol. The second-order valence-corrected chi connectivity index (χ2v) is 13.5. The quantitative estimate of drug-likeness (QED) is 0.313. The van der Waals surface area contributed by atoms with Gasteiger partial charge in [-0.1, -0.05) is 37.6 Å². The highest BCUT2D eigenvalue weighted by atomic mass is 35.5. The van der Waals surface area contributed by atoms with E-state index in [1.165, 1.54) is 45.6 Å². The lowest BCUT2D eigenvalue weighted by molar-refractivity contribution is -0.192. The van der Waals surface area contributed by atoms with Gasteiger partial charge in [0, 0.05) is 54.8 Å². The van der Waals surface area contributed by atoms with Gasteiger partial charge >= 0.3 is 12.1 Å². The van der Waals surface area contributed by atoms with Crippen molar-refractivity contribution in [2.45, 2.75) is 44.9 Å². The van der Waals surface area contributed by atoms with Crippen LogP contribution in [0.15, 0.2) is 54.7 Å². The zero-order chi connectivity index (χ0) is 33.8. The summed E-state index contributed by atoms with van der Waals surface area (Å²) in [5.74, 6) is -0.309. The largest absolute Gasteiger partial charge is 0.490 e. The minimum absolute atomic E-state index is 0.310. The van der Waals surface area contributed by atoms with E-state index < -0.39 is 12.1 Å². The smallest absolute Gasteiger partial charge is 0.487 e. The Morgan fingerprint density at radius 3 is 2.34 bits per heavy atom. The molecule has 0 amide bonds. The van der Waals surface area contributed by atoms with Crippen LogP contribution in [-0.2, 0) is 16.8 Å². The molecule has 0 unspecified atom stereocenters. The van der Waals surface area contributed by atoms with Crippen molar-refractivity contribution in [2.75, 3.05) is 50.7 Å². The number of carboxylic acids is 1. The van der Waals surface area contributed by atoms with Crippen molar-refractivity contribution in [3.63, 3.8) is 0 Å². The van der Waals surface area contributed by atoms with Crippen molar-refractivity contribution >= 4 is 23.5 Å². The second-order valence-electron chi connectivity index (χ2n) is 13.1. The van der Waals surface area contributed by atoms with Crippen LogP contribution < -0.4 is 15.0 Å². The van der Waals surface area contributed by atoms with Gasteiger partial charge in [-0.25, -0.2) is 14.8 Å². The molecule has 13 heteroatoms. The summed E-state index contributed by atoms with van der Waals surface area (Å²) in [5, 5.41) is 20.4. The molecule has 1 aromatic heterocycles. The second kappa shape index (κ2) is 14.1. The first kappa shape index (κ1) is 34.4. The number of aromatic nitrogens is 2. The molecule has 3 saturated heterocycles. The van der Waals surface area contributed by atoms with Gasteiger partial charge in [0.2, 0.25) is 5.95 Å². The summed E-state index contributed by atoms with van der Waals surface area (Å²) in [7, 11) is 0. The summed E-state index contributed by atoms with van der Waals surface area (Å²) in [6.07, 6.45) is -0.695. The fourth-order valence-corrected chi connectivity index (χ4v) is 6.43. The maximum Gasteiger partial charge on any atom is 0.490 e. The number of piperidine rings is 1. The number of nitrogens with zero attached hydrogens (tertiary/aromatic N) is 5. The number of nitriles is 1. The zero-order valence-electron chi connectivity index (χ0n) is 26.4. The first-order valence-corrected chi connectivity index (χ1v) is 15.9. The van der Waals surface area contributed by atoms with Crippen LogP contribution in [0.4, 0.5) is 19.1 Å². The number of benzene rings is 2. The van der Waals surface area contributed by atoms with E-state index in [1.54, 1.807) is 6.07 Å². The van der Waals surface area contributed by atoms with Crippen LogP contribution in [0.2, 0.25) is 5.02 Å². The molecule has 3 fully saturated rings. The van der Waals surface area contributed by atoms with Gasteiger partial charge in [-0.05, 0) is 79.4 Å². The number of halogens is 4. The molecule has 250 valence electrons. The predicted octanol–water partition coefficient (Wildman–Crippen LogP) is 5.66. The SMILES string of the molecule is CC(C)(c1ccc(OCc2ccnc(N3CC4(CCN(CC5CNC5)CC4)C3)n2)cc1)c1cc(Cl)cc(C#N)c1.O=C(O)C(F)(F)F. The van der Waals surface area contributed by atoms with Crippen LogP contribution in [-0.4, -0.2) is 77.9 Å². The van der Waals surface area contributed by atoms with Gasteiger partial charge in [-0.15, -0.1) is 0 Å². The zero-order valence-corrected chi connectivity index (χ0v) is 27.1. The fraction of sp³-hybridized carbons (Fsp3) is 0.471. The molecule has 3 aliphatic heterocycles. The molecule has 3 aliphatic rings. The molecular formula is C34H38ClF3N6O3. The highest BCUT2D eigenvalue weighted by Gasteiger charge is 2.46. The molecule has 0 saturated carbocycles. The fourth-order valence-electron chi connectivity index (χ4n) is 6.20. The Morgan fingerprint density at radius 1 is 1.11 bits per heavy atom. The maximum atomic E-state index is 10.6. The first-order chi connectivity index (χ1) is 22.3. The molecule has 0 atom stereocenters. The summed E-state index contributed by atoms with van der Waals surface area (Å²) in [4.78, 5) is 23.3. The van der Waals surface area contributed by atoms with Crippen molar-refractivity contribution in [1.82, 2.24) is 20.2 Å². The Kier molecular flexibility index (Phi) is 10.3. The number of nitrogens with one attached hydrogen (secondary N) is 1. The highest BCUT2D eigenvalue weighted by Crippen LogP contribution is 2.42. The summed E-state index contributed by atoms with van der Waals surface area (Å²) in [6.45, 7) is 12.8. The number of likely N-dealkylation sites (tertiary alicyclic amines) is 1. The number of aliphatic carboxylic acids is 1. The Labute approximate surface area is 277 Å². The summed E-state index contributed by atoms with van der Waals surface area (Å²) >= 11 is 6.27. The lowest BCUT2D eigenvalue weighted by Gasteiger charge is -2.54. The Morgan fingerprint density at radius 2 is 1.77 bits per heavy atom. The van der Waals surface area contributed by atoms with Gasteiger partial charge in [0.25, 0.3) is 0 Å². The van der Waals surface area contributed by atoms with Crippen LogP contribution in [0.25, 0.3) is 0 Å². The Balaban J connectivity index is 0.000000559. The van der Waals surface area contributed by atoms with Crippen LogP contribution in [0, 0.1) is 22.7 Å². The van der Waals surface area contributed by atoms with Gasteiger partial charge < -0.3 is 25.0 Å². The van der Waals surface area contributed by atoms with Crippen LogP contribution in [0.1, 0.15) is 49.1 Å². The molecule has 2 aromatic carbocycles. The van der Waals surface area contributed by atoms with E-state index in [-0.39, 0.29) is 5.41 Å². The number of ether oxygens (including phenoxy) is 1. The van der Waals surface area contributed by atoms with Gasteiger partial charge in [0.1, 0.15) is 12.4 Å². The normalized spacial score (nSPS) is 17.9. The molecule has 0 bridgehead atoms. The Bertz CT molecular complexity index is 1590. The Hall–Kier alpha value is -3.92. The van der Waals surface area contributed by atoms with Crippen molar-refractivity contribution in [3.05, 3.63) is 82.1 Å². The third kappa shape index (κ3) is 8.52. The lowest BCUT2D eigenvalue weighted by atomic mass is 9.72. The van der Waals surface area contributed by atoms with E-state index in [2.05, 4.69) is 52.2 Å². The van der Waals surface area contributed by atoms with E-state index in [0.29, 0.717) is 22.6 Å². The number of hydrogen-bond acceptors (Lipinski definition) is 8. The number of carboxylic acid groups (broad SMARTS) is 1. The van der Waals surface area contributed by atoms with E-state index >= 15 is 0 Å². The van der Waals surface area contributed by atoms with Crippen molar-refractivity contribution < 1.29 is 27.8 Å². The topological polar surface area (TPSA) is 115 Å². The van der Waals surface area contributed by atoms with Crippen LogP contribution in [0.5, 0.6) is 5.75 Å². The number of hydrogen-bond donors (Lipinski definition) is 2. The maximum absolute atomic E-state index is 10.6. The van der Waals surface area contributed by atoms with E-state index in [9.17, 15) is 18.4 Å². The average molecular weight is 671 g/mol. The average Bonchev–Trinajstić information content (AvgIpc) is 3.01. The van der Waals surface area contributed by atoms with Crippen molar-refractivity contribution in [1.29, 1.82) is 5.26 Å². The molecule has 6 rings (SSSR count). The summed E-state index contributed by atoms with van der Waals surface area (Å²) in [5.41, 5.74) is 3.69. The standard InChI is InChI=1S/C32H37ClN6O.C2HF3O2/c1-31(2,26-13-23(16-34)14-27(33)15-26)25-3-5-29(6-4-25)40-20-28-7-10-36-30(37-28)39-21-32(22-39)8-11-38(12-9-32)19-24-17-35-18-24;3-2(4,5)1(6)7/h3-7,10,13-15,24,35H,8-9,11-12,17-22H2,1-2H3;(H,6,7). The van der Waals surface area contributed by atoms with Crippen LogP contribution in [0.3, 0.4) is 0 Å². The lowest BCUT2D eigenvalue weighted by Crippen LogP contribution is -2.61. The third-order valence-corrected chi connectivity index (χ3v) is 9.51. The molecule has 9 nitrogen and oxygen atoms in total. The number of alkyl halides is 3. The van der Waals surface area contributed by atoms with Gasteiger partial charge in [0.05, 0.1) is 17.3 Å². The molecule has 0 radical (unpaired) electrons. The minimum Gasteiger partial charge on any atom is -0.487 e. The van der Waals surface area contributed by atoms with Crippen molar-refractivity contribution in [3.8, 4) is 11.8 Å². The van der Waals surface area contributed by atoms with E-state index in [1.807, 2.05) is 36.5 Å². The molecule has 4 heterocycles. The third-order valence-electron chi connectivity index (χ3n) is 9.29. The minimum atomic E-state index is -5.08. The number of rotatable bonds is 8. The molecule has 47 heavy (non-hydrogen) atoms. The molecular weight excluding hydrogens is 633 g/mol. The molecule has 0 aliphatic carbocycles. The summed E-state index contributed by atoms with van der Waals surface area (Å²) < 4.78 is 37.8. The first-order valence-electron chi connectivity index (χ1n) is 15.5. The molecule has 2 N–H and O–H groups in total. The summed E-state index contributed by atoms with van der Waals surface area (Å²) in [6, 6.07) is 17.8. The van der Waals surface area contributed by atoms with Crippen molar-refractivity contribution in [2.24, 2.45) is 11.3 Å². The predicted molar refractivity (Wildman–Crippen MR) is 171 cm³/mol. The van der Waals surface area contributed by atoms with Gasteiger partial charge in [-0.3, -0.25) is 0 Å². The van der Waals surface area contributed by atoms with Gasteiger partial charge in [0.15, 0.2) is 0 Å². The number of carbonyl (C=O) groups is 1. The highest BCUT2D eigenvalue weighted by molar-refractivity contribution is 6.30. The van der Waals surface area contributed by atoms with Crippen LogP contribution >= 0.6 is 11.6 Å². The molecule has 1 spiro atoms. The van der Waals surface area contributed by atoms with E-state index in [0.717, 1.165) is 47.5 Å². The van der Waals surface area contributed by atoms with E-state index in [4.69, 9.17) is 31.2 Å².